The number of allylic oxidation sites excluding steroid dienone is 1. The van der Waals surface area contributed by atoms with Crippen LogP contribution in [0.3, 0.4) is 0 Å². The van der Waals surface area contributed by atoms with Crippen LogP contribution in [0.4, 0.5) is 4.39 Å². The zero-order valence-corrected chi connectivity index (χ0v) is 17.9. The normalized spacial score (nSPS) is 18.9. The fourth-order valence-electron chi connectivity index (χ4n) is 5.07. The molecule has 0 radical (unpaired) electrons. The Bertz CT molecular complexity index is 940. The number of piperidine rings is 1. The van der Waals surface area contributed by atoms with E-state index in [9.17, 15) is 9.18 Å². The van der Waals surface area contributed by atoms with Crippen molar-refractivity contribution in [3.8, 4) is 5.75 Å². The summed E-state index contributed by atoms with van der Waals surface area (Å²) in [7, 11) is 0.500. The van der Waals surface area contributed by atoms with E-state index in [0.717, 1.165) is 43.2 Å². The number of hydrogen-bond acceptors (Lipinski definition) is 2. The van der Waals surface area contributed by atoms with Crippen molar-refractivity contribution in [2.24, 2.45) is 5.92 Å². The van der Waals surface area contributed by atoms with Gasteiger partial charge in [-0.05, 0) is 61.3 Å². The van der Waals surface area contributed by atoms with Crippen molar-refractivity contribution in [2.75, 3.05) is 26.9 Å². The van der Waals surface area contributed by atoms with Crippen molar-refractivity contribution in [1.29, 1.82) is 0 Å². The SMILES string of the molecule is CF.Cc1ccccc1OCC(=O)N1CCC2(CC1)C(C1CC1)=Cc1ccccc12. The molecule has 3 aliphatic rings. The van der Waals surface area contributed by atoms with E-state index in [1.165, 1.54) is 24.0 Å². The van der Waals surface area contributed by atoms with Crippen LogP contribution in [0.1, 0.15) is 42.4 Å². The quantitative estimate of drug-likeness (QED) is 0.686. The summed E-state index contributed by atoms with van der Waals surface area (Å²) >= 11 is 0. The van der Waals surface area contributed by atoms with Crippen molar-refractivity contribution in [3.63, 3.8) is 0 Å². The smallest absolute Gasteiger partial charge is 0.260 e. The Labute approximate surface area is 178 Å². The van der Waals surface area contributed by atoms with E-state index in [0.29, 0.717) is 7.18 Å². The number of fused-ring (bicyclic) bond motifs is 2. The summed E-state index contributed by atoms with van der Waals surface area (Å²) in [6.07, 6.45) is 7.17. The van der Waals surface area contributed by atoms with Gasteiger partial charge in [-0.25, -0.2) is 0 Å². The number of ether oxygens (including phenoxy) is 1. The second-order valence-electron chi connectivity index (χ2n) is 8.48. The van der Waals surface area contributed by atoms with E-state index in [1.54, 1.807) is 5.57 Å². The molecule has 1 saturated heterocycles. The van der Waals surface area contributed by atoms with Crippen LogP contribution in [-0.2, 0) is 10.2 Å². The molecule has 2 fully saturated rings. The third-order valence-electron chi connectivity index (χ3n) is 6.77. The minimum atomic E-state index is 0.0985. The van der Waals surface area contributed by atoms with Gasteiger partial charge in [-0.3, -0.25) is 9.18 Å². The van der Waals surface area contributed by atoms with Gasteiger partial charge in [0.1, 0.15) is 5.75 Å². The van der Waals surface area contributed by atoms with Crippen molar-refractivity contribution in [1.82, 2.24) is 4.90 Å². The Kier molecular flexibility index (Phi) is 5.94. The van der Waals surface area contributed by atoms with Gasteiger partial charge in [0.05, 0.1) is 7.18 Å². The van der Waals surface area contributed by atoms with E-state index < -0.39 is 0 Å². The highest BCUT2D eigenvalue weighted by Gasteiger charge is 2.48. The molecule has 30 heavy (non-hydrogen) atoms. The van der Waals surface area contributed by atoms with Gasteiger partial charge in [0.2, 0.25) is 0 Å². The molecule has 1 amide bonds. The summed E-state index contributed by atoms with van der Waals surface area (Å²) in [5.41, 5.74) is 5.74. The zero-order valence-electron chi connectivity index (χ0n) is 17.9. The first kappa shape index (κ1) is 20.6. The maximum atomic E-state index is 12.7. The highest BCUT2D eigenvalue weighted by molar-refractivity contribution is 5.78. The Morgan fingerprint density at radius 3 is 2.43 bits per heavy atom. The van der Waals surface area contributed by atoms with Gasteiger partial charge in [0.15, 0.2) is 6.61 Å². The van der Waals surface area contributed by atoms with Crippen molar-refractivity contribution < 1.29 is 13.9 Å². The highest BCUT2D eigenvalue weighted by atomic mass is 19.1. The Morgan fingerprint density at radius 2 is 1.73 bits per heavy atom. The van der Waals surface area contributed by atoms with Crippen molar-refractivity contribution >= 4 is 12.0 Å². The van der Waals surface area contributed by atoms with Gasteiger partial charge in [0.25, 0.3) is 5.91 Å². The number of halogens is 1. The molecule has 1 heterocycles. The van der Waals surface area contributed by atoms with Gasteiger partial charge in [0, 0.05) is 18.5 Å². The molecule has 1 spiro atoms. The van der Waals surface area contributed by atoms with E-state index in [4.69, 9.17) is 4.74 Å². The largest absolute Gasteiger partial charge is 0.484 e. The molecule has 2 aromatic rings. The van der Waals surface area contributed by atoms with Crippen LogP contribution in [0.15, 0.2) is 54.1 Å². The Balaban J connectivity index is 0.00000106. The third-order valence-corrected chi connectivity index (χ3v) is 6.77. The van der Waals surface area contributed by atoms with Crippen molar-refractivity contribution in [2.45, 2.75) is 38.0 Å². The van der Waals surface area contributed by atoms with Crippen molar-refractivity contribution in [3.05, 3.63) is 70.8 Å². The average Bonchev–Trinajstić information content (AvgIpc) is 3.59. The molecule has 5 rings (SSSR count). The summed E-state index contributed by atoms with van der Waals surface area (Å²) in [4.78, 5) is 14.7. The summed E-state index contributed by atoms with van der Waals surface area (Å²) < 4.78 is 15.3. The fourth-order valence-corrected chi connectivity index (χ4v) is 5.07. The molecule has 0 N–H and O–H groups in total. The van der Waals surface area contributed by atoms with Gasteiger partial charge in [-0.2, -0.15) is 0 Å². The third kappa shape index (κ3) is 3.76. The van der Waals surface area contributed by atoms with Gasteiger partial charge >= 0.3 is 0 Å². The zero-order chi connectivity index (χ0) is 21.1. The molecule has 1 aliphatic heterocycles. The number of alkyl halides is 1. The van der Waals surface area contributed by atoms with Crippen LogP contribution < -0.4 is 4.74 Å². The number of nitrogens with zero attached hydrogens (tertiary/aromatic N) is 1. The maximum absolute atomic E-state index is 12.7. The molecular weight excluding hydrogens is 377 g/mol. The van der Waals surface area contributed by atoms with Crippen LogP contribution >= 0.6 is 0 Å². The number of rotatable bonds is 4. The van der Waals surface area contributed by atoms with Gasteiger partial charge in [-0.1, -0.05) is 54.1 Å². The Hall–Kier alpha value is -2.62. The molecule has 2 aromatic carbocycles. The maximum Gasteiger partial charge on any atom is 0.260 e. The van der Waals surface area contributed by atoms with Crippen LogP contribution in [0.2, 0.25) is 0 Å². The first-order valence-corrected chi connectivity index (χ1v) is 10.8. The number of carbonyl (C=O) groups excluding carboxylic acids is 1. The lowest BCUT2D eigenvalue weighted by Gasteiger charge is -2.42. The lowest BCUT2D eigenvalue weighted by molar-refractivity contribution is -0.134. The predicted molar refractivity (Wildman–Crippen MR) is 118 cm³/mol. The number of hydrogen-bond donors (Lipinski definition) is 0. The van der Waals surface area contributed by atoms with E-state index >= 15 is 0 Å². The fraction of sp³-hybridized carbons (Fsp3) is 0.423. The lowest BCUT2D eigenvalue weighted by atomic mass is 9.69. The highest BCUT2D eigenvalue weighted by Crippen LogP contribution is 2.56. The number of benzene rings is 2. The first-order valence-electron chi connectivity index (χ1n) is 10.8. The minimum absolute atomic E-state index is 0.0985. The molecular formula is C26H30FNO2. The second-order valence-corrected chi connectivity index (χ2v) is 8.48. The van der Waals surface area contributed by atoms with Crippen LogP contribution in [0, 0.1) is 12.8 Å². The van der Waals surface area contributed by atoms with Crippen LogP contribution in [0.25, 0.3) is 6.08 Å². The molecule has 0 unspecified atom stereocenters. The summed E-state index contributed by atoms with van der Waals surface area (Å²) in [6.45, 7) is 3.76. The van der Waals surface area contributed by atoms with Crippen LogP contribution in [0.5, 0.6) is 5.75 Å². The summed E-state index contributed by atoms with van der Waals surface area (Å²) in [5.74, 6) is 1.66. The summed E-state index contributed by atoms with van der Waals surface area (Å²) in [5, 5.41) is 0. The van der Waals surface area contributed by atoms with Gasteiger partial charge in [-0.15, -0.1) is 0 Å². The van der Waals surface area contributed by atoms with E-state index in [2.05, 4.69) is 30.3 Å². The second kappa shape index (κ2) is 8.63. The minimum Gasteiger partial charge on any atom is -0.484 e. The first-order chi connectivity index (χ1) is 14.7. The molecule has 1 saturated carbocycles. The topological polar surface area (TPSA) is 29.5 Å². The number of para-hydroxylation sites is 1. The number of amides is 1. The van der Waals surface area contributed by atoms with E-state index in [1.807, 2.05) is 36.1 Å². The average molecular weight is 408 g/mol. The molecule has 0 bridgehead atoms. The molecule has 0 aromatic heterocycles. The summed E-state index contributed by atoms with van der Waals surface area (Å²) in [6, 6.07) is 16.7. The lowest BCUT2D eigenvalue weighted by Crippen LogP contribution is -2.47. The molecule has 3 nitrogen and oxygen atoms in total. The van der Waals surface area contributed by atoms with E-state index in [-0.39, 0.29) is 17.9 Å². The standard InChI is InChI=1S/C25H27NO2.CH3F/c1-18-6-2-5-9-23(18)28-17-24(27)26-14-12-25(13-15-26)21-8-4-3-7-20(21)16-22(25)19-10-11-19;1-2/h2-9,16,19H,10-15,17H2,1H3;1H3. The number of carbonyl (C=O) groups is 1. The molecule has 4 heteroatoms. The van der Waals surface area contributed by atoms with Gasteiger partial charge < -0.3 is 9.64 Å². The number of aryl methyl sites for hydroxylation is 1. The monoisotopic (exact) mass is 407 g/mol. The number of likely N-dealkylation sites (tertiary alicyclic amines) is 1. The Morgan fingerprint density at radius 1 is 1.07 bits per heavy atom. The van der Waals surface area contributed by atoms with Crippen LogP contribution in [-0.4, -0.2) is 37.7 Å². The molecule has 2 aliphatic carbocycles. The molecule has 0 atom stereocenters. The predicted octanol–water partition coefficient (Wildman–Crippen LogP) is 5.33. The molecule has 158 valence electrons.